The molecule has 1 aliphatic rings. The fourth-order valence-electron chi connectivity index (χ4n) is 2.86. The zero-order valence-corrected chi connectivity index (χ0v) is 13.9. The van der Waals surface area contributed by atoms with Gasteiger partial charge in [0.25, 0.3) is 5.91 Å². The minimum atomic E-state index is -1.25. The number of benzene rings is 1. The molecule has 2 atom stereocenters. The maximum absolute atomic E-state index is 12.4. The summed E-state index contributed by atoms with van der Waals surface area (Å²) in [5, 5.41) is 22.1. The van der Waals surface area contributed by atoms with Crippen LogP contribution in [-0.2, 0) is 4.79 Å². The van der Waals surface area contributed by atoms with Crippen LogP contribution in [0.2, 0.25) is 0 Å². The van der Waals surface area contributed by atoms with E-state index in [4.69, 9.17) is 0 Å². The number of aromatic hydroxyl groups is 1. The van der Waals surface area contributed by atoms with Gasteiger partial charge in [-0.2, -0.15) is 0 Å². The van der Waals surface area contributed by atoms with Crippen LogP contribution in [0.15, 0.2) is 18.2 Å². The number of amides is 1. The summed E-state index contributed by atoms with van der Waals surface area (Å²) >= 11 is 2.04. The number of hydrogen-bond acceptors (Lipinski definition) is 3. The zero-order valence-electron chi connectivity index (χ0n) is 11.7. The second kappa shape index (κ2) is 6.21. The van der Waals surface area contributed by atoms with Gasteiger partial charge in [-0.15, -0.1) is 0 Å². The van der Waals surface area contributed by atoms with Crippen molar-refractivity contribution in [1.82, 2.24) is 5.32 Å². The summed E-state index contributed by atoms with van der Waals surface area (Å²) in [7, 11) is 0. The first-order valence-corrected chi connectivity index (χ1v) is 7.99. The largest absolute Gasteiger partial charge is 0.507 e. The van der Waals surface area contributed by atoms with Gasteiger partial charge in [-0.05, 0) is 59.5 Å². The molecule has 0 spiro atoms. The summed E-state index contributed by atoms with van der Waals surface area (Å²) in [5.74, 6) is -1.83. The molecule has 5 nitrogen and oxygen atoms in total. The molecule has 1 saturated carbocycles. The summed E-state index contributed by atoms with van der Waals surface area (Å²) in [4.78, 5) is 24.1. The van der Waals surface area contributed by atoms with E-state index in [0.717, 1.165) is 22.8 Å². The Balaban J connectivity index is 2.31. The molecule has 0 radical (unpaired) electrons. The third-order valence-corrected chi connectivity index (χ3v) is 4.89. The fraction of sp³-hybridized carbons (Fsp3) is 0.467. The topological polar surface area (TPSA) is 86.6 Å². The molecular weight excluding hydrogens is 385 g/mol. The van der Waals surface area contributed by atoms with Gasteiger partial charge in [0, 0.05) is 3.57 Å². The minimum absolute atomic E-state index is 0.111. The Labute approximate surface area is 136 Å². The number of halogens is 1. The van der Waals surface area contributed by atoms with E-state index in [2.05, 4.69) is 5.32 Å². The van der Waals surface area contributed by atoms with E-state index in [1.807, 2.05) is 29.5 Å². The summed E-state index contributed by atoms with van der Waals surface area (Å²) in [6.45, 7) is 1.85. The number of nitrogens with one attached hydrogen (secondary N) is 1. The molecule has 0 aromatic heterocycles. The fourth-order valence-corrected chi connectivity index (χ4v) is 3.36. The molecular formula is C15H18INO4. The first kappa shape index (κ1) is 16.1. The molecule has 2 rings (SSSR count). The molecule has 114 valence electrons. The van der Waals surface area contributed by atoms with Crippen molar-refractivity contribution >= 4 is 34.5 Å². The Bertz CT molecular complexity index is 575. The van der Waals surface area contributed by atoms with Crippen LogP contribution in [0.1, 0.15) is 43.0 Å². The van der Waals surface area contributed by atoms with Crippen molar-refractivity contribution in [2.24, 2.45) is 5.92 Å². The van der Waals surface area contributed by atoms with Crippen molar-refractivity contribution in [3.05, 3.63) is 27.3 Å². The second-order valence-corrected chi connectivity index (χ2v) is 6.78. The molecule has 3 N–H and O–H groups in total. The number of phenolic OH excluding ortho intramolecular Hbond substituents is 1. The normalized spacial score (nSPS) is 25.3. The minimum Gasteiger partial charge on any atom is -0.507 e. The predicted octanol–water partition coefficient (Wildman–Crippen LogP) is 2.76. The zero-order chi connectivity index (χ0) is 15.6. The highest BCUT2D eigenvalue weighted by Crippen LogP contribution is 2.34. The van der Waals surface area contributed by atoms with E-state index < -0.39 is 17.4 Å². The van der Waals surface area contributed by atoms with Crippen molar-refractivity contribution in [1.29, 1.82) is 0 Å². The number of aliphatic carboxylic acids is 1. The molecule has 0 aliphatic heterocycles. The highest BCUT2D eigenvalue weighted by atomic mass is 127. The van der Waals surface area contributed by atoms with Crippen molar-refractivity contribution in [3.8, 4) is 5.75 Å². The van der Waals surface area contributed by atoms with E-state index >= 15 is 0 Å². The Morgan fingerprint density at radius 3 is 2.71 bits per heavy atom. The van der Waals surface area contributed by atoms with Crippen molar-refractivity contribution in [3.63, 3.8) is 0 Å². The summed E-state index contributed by atoms with van der Waals surface area (Å²) < 4.78 is 0.802. The van der Waals surface area contributed by atoms with Crippen LogP contribution in [0.3, 0.4) is 0 Å². The Hall–Kier alpha value is -1.31. The van der Waals surface area contributed by atoms with E-state index in [1.54, 1.807) is 12.1 Å². The van der Waals surface area contributed by atoms with Gasteiger partial charge in [0.2, 0.25) is 0 Å². The number of carboxylic acid groups (broad SMARTS) is 1. The summed E-state index contributed by atoms with van der Waals surface area (Å²) in [6.07, 6.45) is 2.93. The van der Waals surface area contributed by atoms with Crippen molar-refractivity contribution in [2.45, 2.75) is 38.1 Å². The van der Waals surface area contributed by atoms with Gasteiger partial charge in [0.15, 0.2) is 0 Å². The standard InChI is InChI=1S/C15H18INO4/c1-9-4-2-3-7-15(9,14(20)21)17-13(19)11-8-10(16)5-6-12(11)18/h5-6,8-9,18H,2-4,7H2,1H3,(H,17,19)(H,20,21). The lowest BCUT2D eigenvalue weighted by Crippen LogP contribution is -2.60. The van der Waals surface area contributed by atoms with Crippen LogP contribution in [0, 0.1) is 9.49 Å². The SMILES string of the molecule is CC1CCCCC1(NC(=O)c1cc(I)ccc1O)C(=O)O. The molecule has 21 heavy (non-hydrogen) atoms. The Morgan fingerprint density at radius 2 is 2.10 bits per heavy atom. The average molecular weight is 403 g/mol. The predicted molar refractivity (Wildman–Crippen MR) is 86.3 cm³/mol. The lowest BCUT2D eigenvalue weighted by Gasteiger charge is -2.39. The number of hydrogen-bond donors (Lipinski definition) is 3. The highest BCUT2D eigenvalue weighted by Gasteiger charge is 2.46. The van der Waals surface area contributed by atoms with Gasteiger partial charge < -0.3 is 15.5 Å². The smallest absolute Gasteiger partial charge is 0.329 e. The van der Waals surface area contributed by atoms with Gasteiger partial charge in [0.1, 0.15) is 11.3 Å². The Kier molecular flexibility index (Phi) is 4.75. The number of rotatable bonds is 3. The summed E-state index contributed by atoms with van der Waals surface area (Å²) in [5.41, 5.74) is -1.14. The first-order valence-electron chi connectivity index (χ1n) is 6.91. The molecule has 1 fully saturated rings. The van der Waals surface area contributed by atoms with Crippen LogP contribution in [-0.4, -0.2) is 27.6 Å². The molecule has 0 bridgehead atoms. The summed E-state index contributed by atoms with van der Waals surface area (Å²) in [6, 6.07) is 4.67. The van der Waals surface area contributed by atoms with Crippen molar-refractivity contribution in [2.75, 3.05) is 0 Å². The van der Waals surface area contributed by atoms with Gasteiger partial charge >= 0.3 is 5.97 Å². The molecule has 0 heterocycles. The molecule has 1 aromatic carbocycles. The third kappa shape index (κ3) is 3.14. The number of carbonyl (C=O) groups excluding carboxylic acids is 1. The lowest BCUT2D eigenvalue weighted by molar-refractivity contribution is -0.148. The average Bonchev–Trinajstić information content (AvgIpc) is 2.43. The Morgan fingerprint density at radius 1 is 1.38 bits per heavy atom. The molecule has 2 unspecified atom stereocenters. The van der Waals surface area contributed by atoms with Gasteiger partial charge in [-0.25, -0.2) is 4.79 Å². The first-order chi connectivity index (χ1) is 9.86. The second-order valence-electron chi connectivity index (χ2n) is 5.54. The molecule has 1 aromatic rings. The van der Waals surface area contributed by atoms with Crippen molar-refractivity contribution < 1.29 is 19.8 Å². The molecule has 1 aliphatic carbocycles. The number of phenols is 1. The van der Waals surface area contributed by atoms with Crippen LogP contribution in [0.4, 0.5) is 0 Å². The van der Waals surface area contributed by atoms with E-state index in [1.165, 1.54) is 6.07 Å². The van der Waals surface area contributed by atoms with Crippen LogP contribution in [0.5, 0.6) is 5.75 Å². The maximum atomic E-state index is 12.4. The van der Waals surface area contributed by atoms with Crippen LogP contribution < -0.4 is 5.32 Å². The monoisotopic (exact) mass is 403 g/mol. The van der Waals surface area contributed by atoms with E-state index in [-0.39, 0.29) is 17.2 Å². The van der Waals surface area contributed by atoms with Gasteiger partial charge in [-0.1, -0.05) is 19.8 Å². The van der Waals surface area contributed by atoms with Crippen LogP contribution in [0.25, 0.3) is 0 Å². The molecule has 0 saturated heterocycles. The van der Waals surface area contributed by atoms with E-state index in [0.29, 0.717) is 6.42 Å². The maximum Gasteiger partial charge on any atom is 0.329 e. The van der Waals surface area contributed by atoms with E-state index in [9.17, 15) is 19.8 Å². The van der Waals surface area contributed by atoms with Gasteiger partial charge in [0.05, 0.1) is 5.56 Å². The molecule has 1 amide bonds. The van der Waals surface area contributed by atoms with Crippen LogP contribution >= 0.6 is 22.6 Å². The quantitative estimate of drug-likeness (QED) is 0.678. The number of carbonyl (C=O) groups is 2. The third-order valence-electron chi connectivity index (χ3n) is 4.22. The highest BCUT2D eigenvalue weighted by molar-refractivity contribution is 14.1. The molecule has 6 heteroatoms. The lowest BCUT2D eigenvalue weighted by atomic mass is 9.73. The van der Waals surface area contributed by atoms with Gasteiger partial charge in [-0.3, -0.25) is 4.79 Å². The number of carboxylic acids is 1.